The molecule has 0 N–H and O–H groups in total. The molecule has 0 unspecified atom stereocenters. The summed E-state index contributed by atoms with van der Waals surface area (Å²) in [6, 6.07) is 0. The summed E-state index contributed by atoms with van der Waals surface area (Å²) in [6.07, 6.45) is 5.65. The van der Waals surface area contributed by atoms with Crippen molar-refractivity contribution in [1.29, 1.82) is 0 Å². The molecule has 0 bridgehead atoms. The molecule has 0 fully saturated rings. The maximum atomic E-state index is 11.0. The maximum Gasteiger partial charge on any atom is 0.329 e. The predicted octanol–water partition coefficient (Wildman–Crippen LogP) is 2.18. The zero-order valence-corrected chi connectivity index (χ0v) is 10.3. The van der Waals surface area contributed by atoms with Crippen molar-refractivity contribution in [2.45, 2.75) is 19.8 Å². The first-order valence-electron chi connectivity index (χ1n) is 5.33. The smallest absolute Gasteiger partial charge is 0.259 e. The van der Waals surface area contributed by atoms with Crippen LogP contribution in [0.3, 0.4) is 0 Å². The summed E-state index contributed by atoms with van der Waals surface area (Å²) in [5.41, 5.74) is 0.197. The van der Waals surface area contributed by atoms with E-state index < -0.39 is 4.92 Å². The van der Waals surface area contributed by atoms with Crippen molar-refractivity contribution in [3.05, 3.63) is 39.6 Å². The van der Waals surface area contributed by atoms with E-state index in [1.807, 2.05) is 6.92 Å². The zero-order valence-electron chi connectivity index (χ0n) is 9.58. The van der Waals surface area contributed by atoms with Gasteiger partial charge >= 0.3 is 5.69 Å². The van der Waals surface area contributed by atoms with E-state index in [9.17, 15) is 10.1 Å². The van der Waals surface area contributed by atoms with Gasteiger partial charge < -0.3 is 0 Å². The maximum absolute atomic E-state index is 11.0. The molecule has 7 nitrogen and oxygen atoms in total. The van der Waals surface area contributed by atoms with Crippen LogP contribution in [0.5, 0.6) is 0 Å². The third-order valence-electron chi connectivity index (χ3n) is 2.31. The molecule has 0 saturated heterocycles. The summed E-state index contributed by atoms with van der Waals surface area (Å²) in [5, 5.41) is 15.1. The Bertz CT molecular complexity index is 569. The SMILES string of the molecule is CCCc1nn(-c2cnccn2)c(Cl)c1[N+](=O)[O-]. The molecule has 94 valence electrons. The normalized spacial score (nSPS) is 10.6. The van der Waals surface area contributed by atoms with Crippen LogP contribution in [0.2, 0.25) is 5.15 Å². The number of nitrogens with zero attached hydrogens (tertiary/aromatic N) is 5. The summed E-state index contributed by atoms with van der Waals surface area (Å²) in [6.45, 7) is 1.92. The van der Waals surface area contributed by atoms with Crippen molar-refractivity contribution in [3.8, 4) is 5.82 Å². The summed E-state index contributed by atoms with van der Waals surface area (Å²) in [5.74, 6) is 0.355. The molecule has 18 heavy (non-hydrogen) atoms. The van der Waals surface area contributed by atoms with Crippen LogP contribution in [-0.4, -0.2) is 24.7 Å². The lowest BCUT2D eigenvalue weighted by molar-refractivity contribution is -0.385. The van der Waals surface area contributed by atoms with Gasteiger partial charge in [0, 0.05) is 12.4 Å². The van der Waals surface area contributed by atoms with Gasteiger partial charge in [-0.05, 0) is 6.42 Å². The summed E-state index contributed by atoms with van der Waals surface area (Å²) < 4.78 is 1.23. The van der Waals surface area contributed by atoms with Crippen LogP contribution in [0.25, 0.3) is 5.82 Å². The molecule has 0 aliphatic heterocycles. The lowest BCUT2D eigenvalue weighted by Gasteiger charge is -1.98. The molecule has 0 atom stereocenters. The third kappa shape index (κ3) is 2.17. The molecule has 2 rings (SSSR count). The Kier molecular flexibility index (Phi) is 3.52. The van der Waals surface area contributed by atoms with E-state index in [1.165, 1.54) is 23.3 Å². The van der Waals surface area contributed by atoms with Crippen LogP contribution >= 0.6 is 11.6 Å². The Morgan fingerprint density at radius 2 is 2.28 bits per heavy atom. The summed E-state index contributed by atoms with van der Waals surface area (Å²) >= 11 is 5.99. The average Bonchev–Trinajstić information content (AvgIpc) is 2.68. The van der Waals surface area contributed by atoms with Crippen molar-refractivity contribution in [2.75, 3.05) is 0 Å². The quantitative estimate of drug-likeness (QED) is 0.626. The topological polar surface area (TPSA) is 86.7 Å². The minimum atomic E-state index is -0.521. The molecule has 0 aliphatic carbocycles. The number of hydrogen-bond acceptors (Lipinski definition) is 5. The number of aryl methyl sites for hydroxylation is 1. The zero-order chi connectivity index (χ0) is 13.1. The van der Waals surface area contributed by atoms with Crippen molar-refractivity contribution in [3.63, 3.8) is 0 Å². The second-order valence-electron chi connectivity index (χ2n) is 3.57. The van der Waals surface area contributed by atoms with E-state index in [-0.39, 0.29) is 10.8 Å². The molecule has 0 aromatic carbocycles. The number of aromatic nitrogens is 4. The fraction of sp³-hybridized carbons (Fsp3) is 0.300. The Morgan fingerprint density at radius 1 is 1.50 bits per heavy atom. The van der Waals surface area contributed by atoms with Crippen molar-refractivity contribution in [2.24, 2.45) is 0 Å². The van der Waals surface area contributed by atoms with Crippen LogP contribution in [0.1, 0.15) is 19.0 Å². The van der Waals surface area contributed by atoms with Gasteiger partial charge in [-0.25, -0.2) is 4.98 Å². The third-order valence-corrected chi connectivity index (χ3v) is 2.65. The Labute approximate surface area is 108 Å². The van der Waals surface area contributed by atoms with Crippen molar-refractivity contribution >= 4 is 17.3 Å². The van der Waals surface area contributed by atoms with E-state index in [1.54, 1.807) is 0 Å². The van der Waals surface area contributed by atoms with Crippen molar-refractivity contribution < 1.29 is 4.92 Å². The van der Waals surface area contributed by atoms with Crippen LogP contribution < -0.4 is 0 Å². The van der Waals surface area contributed by atoms with Gasteiger partial charge in [0.15, 0.2) is 5.82 Å². The molecule has 0 aliphatic rings. The fourth-order valence-corrected chi connectivity index (χ4v) is 1.87. The van der Waals surface area contributed by atoms with Gasteiger partial charge in [0.25, 0.3) is 0 Å². The standard InChI is InChI=1S/C10H10ClN5O2/c1-2-3-7-9(16(17)18)10(11)15(14-7)8-6-12-4-5-13-8/h4-6H,2-3H2,1H3. The van der Waals surface area contributed by atoms with Gasteiger partial charge in [-0.3, -0.25) is 15.1 Å². The van der Waals surface area contributed by atoms with Gasteiger partial charge in [0.1, 0.15) is 5.69 Å². The number of hydrogen-bond donors (Lipinski definition) is 0. The molecule has 2 aromatic rings. The first-order valence-corrected chi connectivity index (χ1v) is 5.71. The van der Waals surface area contributed by atoms with E-state index in [4.69, 9.17) is 11.6 Å². The van der Waals surface area contributed by atoms with Gasteiger partial charge in [-0.2, -0.15) is 9.78 Å². The number of halogens is 1. The highest BCUT2D eigenvalue weighted by Gasteiger charge is 2.26. The molecule has 0 spiro atoms. The average molecular weight is 268 g/mol. The largest absolute Gasteiger partial charge is 0.329 e. The van der Waals surface area contributed by atoms with E-state index in [0.29, 0.717) is 17.9 Å². The second-order valence-corrected chi connectivity index (χ2v) is 3.93. The monoisotopic (exact) mass is 267 g/mol. The minimum absolute atomic E-state index is 0.0519. The second kappa shape index (κ2) is 5.09. The Morgan fingerprint density at radius 3 is 2.83 bits per heavy atom. The first-order chi connectivity index (χ1) is 8.65. The van der Waals surface area contributed by atoms with Crippen LogP contribution in [0, 0.1) is 10.1 Å². The van der Waals surface area contributed by atoms with Crippen LogP contribution in [-0.2, 0) is 6.42 Å². The minimum Gasteiger partial charge on any atom is -0.259 e. The molecule has 2 aromatic heterocycles. The van der Waals surface area contributed by atoms with Crippen LogP contribution in [0.4, 0.5) is 5.69 Å². The molecular formula is C10H10ClN5O2. The Balaban J connectivity index is 2.57. The Hall–Kier alpha value is -2.02. The number of rotatable bonds is 4. The van der Waals surface area contributed by atoms with Crippen molar-refractivity contribution in [1.82, 2.24) is 19.7 Å². The summed E-state index contributed by atoms with van der Waals surface area (Å²) in [7, 11) is 0. The molecule has 8 heteroatoms. The molecule has 0 amide bonds. The highest BCUT2D eigenvalue weighted by molar-refractivity contribution is 6.32. The van der Waals surface area contributed by atoms with Crippen LogP contribution in [0.15, 0.2) is 18.6 Å². The van der Waals surface area contributed by atoms with Gasteiger partial charge in [-0.15, -0.1) is 0 Å². The van der Waals surface area contributed by atoms with E-state index in [0.717, 1.165) is 6.42 Å². The lowest BCUT2D eigenvalue weighted by Crippen LogP contribution is -2.00. The summed E-state index contributed by atoms with van der Waals surface area (Å²) in [4.78, 5) is 18.4. The van der Waals surface area contributed by atoms with Gasteiger partial charge in [0.05, 0.1) is 11.1 Å². The van der Waals surface area contributed by atoms with E-state index >= 15 is 0 Å². The first kappa shape index (κ1) is 12.4. The highest BCUT2D eigenvalue weighted by atomic mass is 35.5. The molecule has 0 saturated carbocycles. The predicted molar refractivity (Wildman–Crippen MR) is 64.8 cm³/mol. The fourth-order valence-electron chi connectivity index (χ4n) is 1.57. The van der Waals surface area contributed by atoms with Gasteiger partial charge in [-0.1, -0.05) is 24.9 Å². The van der Waals surface area contributed by atoms with Gasteiger partial charge in [0.2, 0.25) is 5.15 Å². The highest BCUT2D eigenvalue weighted by Crippen LogP contribution is 2.30. The molecule has 2 heterocycles. The number of nitro groups is 1. The molecular weight excluding hydrogens is 258 g/mol. The molecule has 0 radical (unpaired) electrons. The lowest BCUT2D eigenvalue weighted by atomic mass is 10.2. The van der Waals surface area contributed by atoms with E-state index in [2.05, 4.69) is 15.1 Å².